The Morgan fingerprint density at radius 2 is 1.79 bits per heavy atom. The molecular formula is C21H20N2O4S. The minimum atomic E-state index is -0.256. The fourth-order valence-corrected chi connectivity index (χ4v) is 3.09. The molecule has 0 saturated heterocycles. The summed E-state index contributed by atoms with van der Waals surface area (Å²) in [5.41, 5.74) is 4.23. The first-order chi connectivity index (χ1) is 13.7. The van der Waals surface area contributed by atoms with Crippen molar-refractivity contribution in [2.75, 3.05) is 14.2 Å². The number of ether oxygens (including phenoxy) is 3. The average molecular weight is 396 g/mol. The van der Waals surface area contributed by atoms with E-state index in [1.165, 1.54) is 17.6 Å². The monoisotopic (exact) mass is 396 g/mol. The van der Waals surface area contributed by atoms with Crippen LogP contribution in [0.3, 0.4) is 0 Å². The number of rotatable bonds is 8. The van der Waals surface area contributed by atoms with E-state index in [1.54, 1.807) is 32.4 Å². The van der Waals surface area contributed by atoms with Crippen molar-refractivity contribution in [1.29, 1.82) is 0 Å². The summed E-state index contributed by atoms with van der Waals surface area (Å²) >= 11 is 1.35. The lowest BCUT2D eigenvalue weighted by atomic mass is 10.2. The quantitative estimate of drug-likeness (QED) is 0.460. The second-order valence-electron chi connectivity index (χ2n) is 5.71. The maximum absolute atomic E-state index is 11.9. The largest absolute Gasteiger partial charge is 0.493 e. The SMILES string of the molecule is COc1cc(/C=N\NC(=O)c2cccs2)cc(OC)c1OCc1ccccc1. The van der Waals surface area contributed by atoms with Gasteiger partial charge in [0.2, 0.25) is 5.75 Å². The van der Waals surface area contributed by atoms with Crippen LogP contribution in [-0.4, -0.2) is 26.3 Å². The van der Waals surface area contributed by atoms with Gasteiger partial charge in [-0.2, -0.15) is 5.10 Å². The highest BCUT2D eigenvalue weighted by molar-refractivity contribution is 7.12. The molecule has 0 spiro atoms. The van der Waals surface area contributed by atoms with Crippen LogP contribution in [0.1, 0.15) is 20.8 Å². The highest BCUT2D eigenvalue weighted by Gasteiger charge is 2.14. The Kier molecular flexibility index (Phi) is 6.64. The minimum Gasteiger partial charge on any atom is -0.493 e. The second-order valence-corrected chi connectivity index (χ2v) is 6.65. The lowest BCUT2D eigenvalue weighted by molar-refractivity contribution is 0.0959. The van der Waals surface area contributed by atoms with Crippen molar-refractivity contribution >= 4 is 23.5 Å². The molecule has 0 aliphatic heterocycles. The molecule has 1 N–H and O–H groups in total. The molecule has 0 radical (unpaired) electrons. The molecule has 0 bridgehead atoms. The third-order valence-corrected chi connectivity index (χ3v) is 4.70. The molecule has 1 aromatic heterocycles. The number of hydrazone groups is 1. The molecule has 1 amide bonds. The Morgan fingerprint density at radius 1 is 1.07 bits per heavy atom. The standard InChI is InChI=1S/C21H20N2O4S/c1-25-17-11-16(13-22-23-21(24)19-9-6-10-28-19)12-18(26-2)20(17)27-14-15-7-4-3-5-8-15/h3-13H,14H2,1-2H3,(H,23,24)/b22-13-. The van der Waals surface area contributed by atoms with Gasteiger partial charge in [-0.05, 0) is 29.1 Å². The van der Waals surface area contributed by atoms with Crippen LogP contribution >= 0.6 is 11.3 Å². The number of thiophene rings is 1. The molecule has 1 heterocycles. The van der Waals surface area contributed by atoms with Gasteiger partial charge in [0.05, 0.1) is 25.3 Å². The molecule has 28 heavy (non-hydrogen) atoms. The van der Waals surface area contributed by atoms with E-state index in [4.69, 9.17) is 14.2 Å². The number of hydrogen-bond donors (Lipinski definition) is 1. The summed E-state index contributed by atoms with van der Waals surface area (Å²) in [5, 5.41) is 5.84. The van der Waals surface area contributed by atoms with E-state index in [9.17, 15) is 4.79 Å². The van der Waals surface area contributed by atoms with Crippen LogP contribution in [0.5, 0.6) is 17.2 Å². The predicted molar refractivity (Wildman–Crippen MR) is 110 cm³/mol. The van der Waals surface area contributed by atoms with Gasteiger partial charge < -0.3 is 14.2 Å². The van der Waals surface area contributed by atoms with Crippen LogP contribution in [0.4, 0.5) is 0 Å². The summed E-state index contributed by atoms with van der Waals surface area (Å²) in [6.07, 6.45) is 1.53. The van der Waals surface area contributed by atoms with E-state index in [-0.39, 0.29) is 5.91 Å². The first-order valence-corrected chi connectivity index (χ1v) is 9.39. The maximum atomic E-state index is 11.9. The summed E-state index contributed by atoms with van der Waals surface area (Å²) in [5.74, 6) is 1.28. The lowest BCUT2D eigenvalue weighted by Gasteiger charge is -2.15. The molecular weight excluding hydrogens is 376 g/mol. The number of carbonyl (C=O) groups excluding carboxylic acids is 1. The van der Waals surface area contributed by atoms with E-state index < -0.39 is 0 Å². The highest BCUT2D eigenvalue weighted by Crippen LogP contribution is 2.38. The van der Waals surface area contributed by atoms with Crippen molar-refractivity contribution in [2.24, 2.45) is 5.10 Å². The van der Waals surface area contributed by atoms with Gasteiger partial charge in [0, 0.05) is 5.56 Å². The third-order valence-electron chi connectivity index (χ3n) is 3.83. The Bertz CT molecular complexity index is 915. The minimum absolute atomic E-state index is 0.256. The van der Waals surface area contributed by atoms with Gasteiger partial charge in [-0.1, -0.05) is 36.4 Å². The first-order valence-electron chi connectivity index (χ1n) is 8.51. The molecule has 0 saturated carbocycles. The third kappa shape index (κ3) is 4.89. The van der Waals surface area contributed by atoms with Crippen LogP contribution in [0.15, 0.2) is 65.1 Å². The number of benzene rings is 2. The average Bonchev–Trinajstić information content (AvgIpc) is 3.27. The van der Waals surface area contributed by atoms with Crippen molar-refractivity contribution in [3.63, 3.8) is 0 Å². The zero-order valence-corrected chi connectivity index (χ0v) is 16.4. The fraction of sp³-hybridized carbons (Fsp3) is 0.143. The van der Waals surface area contributed by atoms with Gasteiger partial charge in [0.1, 0.15) is 6.61 Å². The van der Waals surface area contributed by atoms with Crippen molar-refractivity contribution in [2.45, 2.75) is 6.61 Å². The normalized spacial score (nSPS) is 10.6. The molecule has 0 aliphatic rings. The van der Waals surface area contributed by atoms with Crippen molar-refractivity contribution in [3.8, 4) is 17.2 Å². The van der Waals surface area contributed by atoms with Gasteiger partial charge in [0.25, 0.3) is 5.91 Å². The van der Waals surface area contributed by atoms with Gasteiger partial charge in [-0.3, -0.25) is 4.79 Å². The van der Waals surface area contributed by atoms with E-state index in [0.717, 1.165) is 5.56 Å². The molecule has 3 aromatic rings. The van der Waals surface area contributed by atoms with Gasteiger partial charge in [-0.25, -0.2) is 5.43 Å². The van der Waals surface area contributed by atoms with Crippen LogP contribution in [0.2, 0.25) is 0 Å². The highest BCUT2D eigenvalue weighted by atomic mass is 32.1. The lowest BCUT2D eigenvalue weighted by Crippen LogP contribution is -2.16. The summed E-state index contributed by atoms with van der Waals surface area (Å²) in [6, 6.07) is 16.9. The first kappa shape index (κ1) is 19.4. The summed E-state index contributed by atoms with van der Waals surface area (Å²) in [7, 11) is 3.12. The van der Waals surface area contributed by atoms with Crippen molar-refractivity contribution < 1.29 is 19.0 Å². The Balaban J connectivity index is 1.74. The van der Waals surface area contributed by atoms with Crippen LogP contribution < -0.4 is 19.6 Å². The topological polar surface area (TPSA) is 69.2 Å². The van der Waals surface area contributed by atoms with Crippen molar-refractivity contribution in [1.82, 2.24) is 5.43 Å². The molecule has 144 valence electrons. The number of nitrogens with zero attached hydrogens (tertiary/aromatic N) is 1. The van der Waals surface area contributed by atoms with Crippen LogP contribution in [-0.2, 0) is 6.61 Å². The number of nitrogens with one attached hydrogen (secondary N) is 1. The predicted octanol–water partition coefficient (Wildman–Crippen LogP) is 4.11. The Hall–Kier alpha value is -3.32. The summed E-state index contributed by atoms with van der Waals surface area (Å²) < 4.78 is 16.8. The van der Waals surface area contributed by atoms with E-state index >= 15 is 0 Å². The smallest absolute Gasteiger partial charge is 0.281 e. The Labute approximate surface area is 167 Å². The molecule has 7 heteroatoms. The zero-order valence-electron chi connectivity index (χ0n) is 15.5. The Morgan fingerprint density at radius 3 is 2.39 bits per heavy atom. The fourth-order valence-electron chi connectivity index (χ4n) is 2.48. The molecule has 3 rings (SSSR count). The summed E-state index contributed by atoms with van der Waals surface area (Å²) in [4.78, 5) is 12.5. The molecule has 0 unspecified atom stereocenters. The van der Waals surface area contributed by atoms with E-state index in [2.05, 4.69) is 10.5 Å². The van der Waals surface area contributed by atoms with Crippen molar-refractivity contribution in [3.05, 3.63) is 76.0 Å². The molecule has 6 nitrogen and oxygen atoms in total. The van der Waals surface area contributed by atoms with E-state index in [1.807, 2.05) is 41.8 Å². The zero-order chi connectivity index (χ0) is 19.8. The molecule has 2 aromatic carbocycles. The number of hydrogen-bond acceptors (Lipinski definition) is 6. The van der Waals surface area contributed by atoms with Gasteiger partial charge in [-0.15, -0.1) is 11.3 Å². The molecule has 0 atom stereocenters. The van der Waals surface area contributed by atoms with Gasteiger partial charge in [0.15, 0.2) is 11.5 Å². The maximum Gasteiger partial charge on any atom is 0.281 e. The second kappa shape index (κ2) is 9.57. The number of carbonyl (C=O) groups is 1. The van der Waals surface area contributed by atoms with Gasteiger partial charge >= 0.3 is 0 Å². The number of amides is 1. The van der Waals surface area contributed by atoms with Crippen LogP contribution in [0.25, 0.3) is 0 Å². The molecule has 0 aliphatic carbocycles. The van der Waals surface area contributed by atoms with Crippen LogP contribution in [0, 0.1) is 0 Å². The summed E-state index contributed by atoms with van der Waals surface area (Å²) in [6.45, 7) is 0.387. The molecule has 0 fully saturated rings. The number of methoxy groups -OCH3 is 2. The van der Waals surface area contributed by atoms with E-state index in [0.29, 0.717) is 34.3 Å².